The molecular formula is C14H20N2S. The van der Waals surface area contributed by atoms with Gasteiger partial charge in [-0.25, -0.2) is 0 Å². The second kappa shape index (κ2) is 6.20. The van der Waals surface area contributed by atoms with Crippen LogP contribution < -0.4 is 5.73 Å². The second-order valence-corrected chi connectivity index (χ2v) is 5.75. The van der Waals surface area contributed by atoms with E-state index in [0.717, 1.165) is 12.5 Å². The molecule has 2 nitrogen and oxygen atoms in total. The summed E-state index contributed by atoms with van der Waals surface area (Å²) in [4.78, 5) is 3.94. The first kappa shape index (κ1) is 12.6. The summed E-state index contributed by atoms with van der Waals surface area (Å²) in [5.41, 5.74) is 6.58. The van der Waals surface area contributed by atoms with Crippen LogP contribution in [0.4, 0.5) is 0 Å². The van der Waals surface area contributed by atoms with Crippen molar-refractivity contribution in [2.45, 2.75) is 26.3 Å². The molecule has 0 aliphatic carbocycles. The van der Waals surface area contributed by atoms with Gasteiger partial charge in [-0.15, -0.1) is 11.3 Å². The van der Waals surface area contributed by atoms with E-state index in [1.807, 2.05) is 11.3 Å². The third-order valence-electron chi connectivity index (χ3n) is 3.18. The molecule has 0 aromatic carbocycles. The molecule has 2 N–H and O–H groups in total. The van der Waals surface area contributed by atoms with Crippen LogP contribution in [0.25, 0.3) is 0 Å². The van der Waals surface area contributed by atoms with Crippen molar-refractivity contribution < 1.29 is 0 Å². The van der Waals surface area contributed by atoms with E-state index in [0.29, 0.717) is 6.54 Å². The zero-order valence-corrected chi connectivity index (χ0v) is 11.2. The van der Waals surface area contributed by atoms with Crippen LogP contribution in [0.15, 0.2) is 11.4 Å². The number of rotatable bonds is 2. The molecule has 1 aromatic rings. The van der Waals surface area contributed by atoms with Gasteiger partial charge in [0.15, 0.2) is 0 Å². The van der Waals surface area contributed by atoms with Gasteiger partial charge in [-0.1, -0.05) is 18.8 Å². The van der Waals surface area contributed by atoms with Gasteiger partial charge in [0.1, 0.15) is 0 Å². The molecule has 0 amide bonds. The van der Waals surface area contributed by atoms with E-state index in [2.05, 4.69) is 35.1 Å². The highest BCUT2D eigenvalue weighted by Gasteiger charge is 2.17. The molecule has 1 atom stereocenters. The van der Waals surface area contributed by atoms with Crippen molar-refractivity contribution >= 4 is 11.3 Å². The van der Waals surface area contributed by atoms with Gasteiger partial charge in [-0.05, 0) is 36.8 Å². The Kier molecular flexibility index (Phi) is 4.61. The molecule has 0 spiro atoms. The fraction of sp³-hybridized carbons (Fsp3) is 0.571. The third kappa shape index (κ3) is 3.57. The van der Waals surface area contributed by atoms with E-state index in [-0.39, 0.29) is 0 Å². The first-order valence-corrected chi connectivity index (χ1v) is 7.15. The molecule has 17 heavy (non-hydrogen) atoms. The van der Waals surface area contributed by atoms with Gasteiger partial charge in [-0.2, -0.15) is 0 Å². The molecular weight excluding hydrogens is 228 g/mol. The lowest BCUT2D eigenvalue weighted by Crippen LogP contribution is -2.33. The molecule has 0 saturated carbocycles. The van der Waals surface area contributed by atoms with Gasteiger partial charge in [0.05, 0.1) is 6.54 Å². The zero-order chi connectivity index (χ0) is 12.1. The Bertz CT molecular complexity index is 413. The number of likely N-dealkylation sites (tertiary alicyclic amines) is 1. The lowest BCUT2D eigenvalue weighted by atomic mass is 10.0. The predicted molar refractivity (Wildman–Crippen MR) is 73.9 cm³/mol. The van der Waals surface area contributed by atoms with Gasteiger partial charge in [0.2, 0.25) is 0 Å². The third-order valence-corrected chi connectivity index (χ3v) is 4.08. The molecule has 92 valence electrons. The molecule has 1 unspecified atom stereocenters. The lowest BCUT2D eigenvalue weighted by molar-refractivity contribution is 0.178. The molecule has 0 bridgehead atoms. The summed E-state index contributed by atoms with van der Waals surface area (Å²) in [7, 11) is 0. The number of hydrogen-bond acceptors (Lipinski definition) is 3. The monoisotopic (exact) mass is 248 g/mol. The molecule has 1 saturated heterocycles. The highest BCUT2D eigenvalue weighted by atomic mass is 32.1. The Labute approximate surface area is 108 Å². The van der Waals surface area contributed by atoms with Crippen molar-refractivity contribution in [1.82, 2.24) is 4.90 Å². The largest absolute Gasteiger partial charge is 0.320 e. The Morgan fingerprint density at radius 2 is 2.47 bits per heavy atom. The Morgan fingerprint density at radius 3 is 3.24 bits per heavy atom. The van der Waals surface area contributed by atoms with Gasteiger partial charge in [0.25, 0.3) is 0 Å². The van der Waals surface area contributed by atoms with Crippen molar-refractivity contribution in [1.29, 1.82) is 0 Å². The van der Waals surface area contributed by atoms with Crippen molar-refractivity contribution in [3.05, 3.63) is 21.9 Å². The quantitative estimate of drug-likeness (QED) is 0.814. The van der Waals surface area contributed by atoms with E-state index in [1.165, 1.54) is 36.4 Å². The molecule has 1 aliphatic rings. The van der Waals surface area contributed by atoms with Crippen molar-refractivity contribution in [2.24, 2.45) is 11.7 Å². The number of thiophene rings is 1. The summed E-state index contributed by atoms with van der Waals surface area (Å²) in [6.07, 6.45) is 2.71. The van der Waals surface area contributed by atoms with Crippen molar-refractivity contribution in [3.8, 4) is 11.8 Å². The molecule has 1 aliphatic heterocycles. The Balaban J connectivity index is 2.00. The van der Waals surface area contributed by atoms with Crippen LogP contribution in [-0.4, -0.2) is 24.5 Å². The lowest BCUT2D eigenvalue weighted by Gasteiger charge is -2.30. The average Bonchev–Trinajstić information content (AvgIpc) is 2.74. The molecule has 2 heterocycles. The minimum atomic E-state index is 0.441. The van der Waals surface area contributed by atoms with E-state index in [4.69, 9.17) is 5.73 Å². The average molecular weight is 248 g/mol. The summed E-state index contributed by atoms with van der Waals surface area (Å²) in [6, 6.07) is 2.11. The van der Waals surface area contributed by atoms with E-state index < -0.39 is 0 Å². The summed E-state index contributed by atoms with van der Waals surface area (Å²) in [5.74, 6) is 6.94. The summed E-state index contributed by atoms with van der Waals surface area (Å²) in [6.45, 7) is 6.29. The standard InChI is InChI=1S/C14H20N2S/c1-12-4-3-8-16(10-12)11-14-13(5-2-7-15)6-9-17-14/h6,9,12H,3-4,7-8,10-11,15H2,1H3. The summed E-state index contributed by atoms with van der Waals surface area (Å²) < 4.78 is 0. The fourth-order valence-corrected chi connectivity index (χ4v) is 3.23. The van der Waals surface area contributed by atoms with Gasteiger partial charge in [0, 0.05) is 23.5 Å². The number of nitrogens with two attached hydrogens (primary N) is 1. The van der Waals surface area contributed by atoms with E-state index in [9.17, 15) is 0 Å². The first-order valence-electron chi connectivity index (χ1n) is 6.27. The highest BCUT2D eigenvalue weighted by molar-refractivity contribution is 7.10. The van der Waals surface area contributed by atoms with Crippen LogP contribution in [0, 0.1) is 17.8 Å². The molecule has 2 rings (SSSR count). The van der Waals surface area contributed by atoms with E-state index in [1.54, 1.807) is 0 Å². The smallest absolute Gasteiger partial charge is 0.0555 e. The second-order valence-electron chi connectivity index (χ2n) is 4.75. The summed E-state index contributed by atoms with van der Waals surface area (Å²) >= 11 is 1.81. The van der Waals surface area contributed by atoms with Crippen LogP contribution in [0.3, 0.4) is 0 Å². The van der Waals surface area contributed by atoms with Crippen LogP contribution in [0.1, 0.15) is 30.2 Å². The molecule has 1 aromatic heterocycles. The molecule has 0 radical (unpaired) electrons. The van der Waals surface area contributed by atoms with Gasteiger partial charge < -0.3 is 5.73 Å². The zero-order valence-electron chi connectivity index (χ0n) is 10.4. The molecule has 1 fully saturated rings. The first-order chi connectivity index (χ1) is 8.29. The van der Waals surface area contributed by atoms with Crippen LogP contribution in [-0.2, 0) is 6.54 Å². The normalized spacial score (nSPS) is 20.9. The van der Waals surface area contributed by atoms with Crippen LogP contribution >= 0.6 is 11.3 Å². The summed E-state index contributed by atoms with van der Waals surface area (Å²) in [5, 5.41) is 2.13. The minimum absolute atomic E-state index is 0.441. The molecule has 3 heteroatoms. The Morgan fingerprint density at radius 1 is 1.59 bits per heavy atom. The number of hydrogen-bond donors (Lipinski definition) is 1. The van der Waals surface area contributed by atoms with Crippen LogP contribution in [0.5, 0.6) is 0 Å². The van der Waals surface area contributed by atoms with Gasteiger partial charge >= 0.3 is 0 Å². The Hall–Kier alpha value is -0.820. The van der Waals surface area contributed by atoms with Gasteiger partial charge in [-0.3, -0.25) is 4.90 Å². The SMILES string of the molecule is CC1CCCN(Cc2sccc2C#CCN)C1. The maximum Gasteiger partial charge on any atom is 0.0555 e. The number of nitrogens with zero attached hydrogens (tertiary/aromatic N) is 1. The van der Waals surface area contributed by atoms with E-state index >= 15 is 0 Å². The maximum absolute atomic E-state index is 5.42. The van der Waals surface area contributed by atoms with Crippen molar-refractivity contribution in [2.75, 3.05) is 19.6 Å². The maximum atomic E-state index is 5.42. The van der Waals surface area contributed by atoms with Crippen molar-refractivity contribution in [3.63, 3.8) is 0 Å². The number of piperidine rings is 1. The fourth-order valence-electron chi connectivity index (χ4n) is 2.35. The topological polar surface area (TPSA) is 29.3 Å². The highest BCUT2D eigenvalue weighted by Crippen LogP contribution is 2.22. The van der Waals surface area contributed by atoms with Crippen LogP contribution in [0.2, 0.25) is 0 Å². The minimum Gasteiger partial charge on any atom is -0.320 e. The predicted octanol–water partition coefficient (Wildman–Crippen LogP) is 2.29.